The molecule has 146 valence electrons. The van der Waals surface area contributed by atoms with E-state index in [4.69, 9.17) is 19.7 Å². The number of ether oxygens (including phenoxy) is 2. The summed E-state index contributed by atoms with van der Waals surface area (Å²) in [7, 11) is 1.63. The molecule has 0 atom stereocenters. The minimum atomic E-state index is 0.191. The molecule has 0 spiro atoms. The normalized spacial score (nSPS) is 14.1. The number of hydrogen-bond donors (Lipinski definition) is 1. The van der Waals surface area contributed by atoms with Crippen LogP contribution < -0.4 is 20.3 Å². The fourth-order valence-corrected chi connectivity index (χ4v) is 2.99. The first kappa shape index (κ1) is 18.2. The molecule has 0 radical (unpaired) electrons. The second-order valence-electron chi connectivity index (χ2n) is 6.20. The summed E-state index contributed by atoms with van der Waals surface area (Å²) in [5.41, 5.74) is 7.61. The maximum atomic E-state index is 5.98. The van der Waals surface area contributed by atoms with Gasteiger partial charge < -0.3 is 24.6 Å². The van der Waals surface area contributed by atoms with Gasteiger partial charge in [-0.25, -0.2) is 4.98 Å². The Morgan fingerprint density at radius 2 is 1.96 bits per heavy atom. The Morgan fingerprint density at radius 3 is 2.68 bits per heavy atom. The molecule has 2 N–H and O–H groups in total. The largest absolute Gasteiger partial charge is 0.497 e. The van der Waals surface area contributed by atoms with Gasteiger partial charge in [0.05, 0.1) is 27.0 Å². The number of nitrogens with two attached hydrogens (primary N) is 1. The maximum absolute atomic E-state index is 5.98. The highest BCUT2D eigenvalue weighted by atomic mass is 16.5. The first-order valence-corrected chi connectivity index (χ1v) is 9.03. The Bertz CT molecular complexity index is 908. The molecule has 0 aliphatic carbocycles. The molecule has 3 heterocycles. The van der Waals surface area contributed by atoms with E-state index in [1.807, 2.05) is 30.3 Å². The molecule has 1 aromatic carbocycles. The minimum absolute atomic E-state index is 0.191. The molecule has 3 aromatic rings. The van der Waals surface area contributed by atoms with Crippen molar-refractivity contribution in [2.45, 2.75) is 0 Å². The summed E-state index contributed by atoms with van der Waals surface area (Å²) in [6.07, 6.45) is 1.72. The molecule has 28 heavy (non-hydrogen) atoms. The van der Waals surface area contributed by atoms with Gasteiger partial charge in [-0.15, -0.1) is 0 Å². The van der Waals surface area contributed by atoms with Crippen LogP contribution in [0, 0.1) is 0 Å². The van der Waals surface area contributed by atoms with E-state index in [0.717, 1.165) is 24.4 Å². The summed E-state index contributed by atoms with van der Waals surface area (Å²) >= 11 is 0. The van der Waals surface area contributed by atoms with Crippen LogP contribution in [0.3, 0.4) is 0 Å². The van der Waals surface area contributed by atoms with Crippen molar-refractivity contribution in [3.8, 4) is 17.0 Å². The zero-order valence-corrected chi connectivity index (χ0v) is 15.6. The fraction of sp³-hybridized carbons (Fsp3) is 0.316. The van der Waals surface area contributed by atoms with E-state index in [0.29, 0.717) is 36.6 Å². The van der Waals surface area contributed by atoms with Crippen LogP contribution in [0.25, 0.3) is 11.3 Å². The highest BCUT2D eigenvalue weighted by molar-refractivity contribution is 5.65. The molecule has 0 amide bonds. The van der Waals surface area contributed by atoms with Gasteiger partial charge in [-0.3, -0.25) is 4.90 Å². The van der Waals surface area contributed by atoms with Gasteiger partial charge in [-0.2, -0.15) is 4.98 Å². The molecule has 1 aliphatic rings. The first-order valence-electron chi connectivity index (χ1n) is 9.03. The summed E-state index contributed by atoms with van der Waals surface area (Å²) in [4.78, 5) is 12.9. The Labute approximate surface area is 162 Å². The Morgan fingerprint density at radius 1 is 1.18 bits per heavy atom. The number of hydrogen-bond acceptors (Lipinski definition) is 9. The van der Waals surface area contributed by atoms with Crippen LogP contribution in [0.1, 0.15) is 0 Å². The van der Waals surface area contributed by atoms with Gasteiger partial charge in [0.1, 0.15) is 17.3 Å². The summed E-state index contributed by atoms with van der Waals surface area (Å²) in [6.45, 7) is 3.05. The third kappa shape index (κ3) is 3.75. The fourth-order valence-electron chi connectivity index (χ4n) is 2.99. The van der Waals surface area contributed by atoms with Crippen molar-refractivity contribution in [2.24, 2.45) is 5.73 Å². The molecule has 0 unspecified atom stereocenters. The number of anilines is 3. The van der Waals surface area contributed by atoms with Gasteiger partial charge >= 0.3 is 0 Å². The van der Waals surface area contributed by atoms with Gasteiger partial charge in [-0.05, 0) is 30.3 Å². The van der Waals surface area contributed by atoms with E-state index >= 15 is 0 Å². The van der Waals surface area contributed by atoms with Gasteiger partial charge in [0, 0.05) is 30.9 Å². The molecule has 1 aliphatic heterocycles. The van der Waals surface area contributed by atoms with Crippen LogP contribution in [0.5, 0.6) is 5.75 Å². The van der Waals surface area contributed by atoms with Crippen molar-refractivity contribution in [1.29, 1.82) is 0 Å². The van der Waals surface area contributed by atoms with E-state index in [2.05, 4.69) is 20.0 Å². The van der Waals surface area contributed by atoms with Gasteiger partial charge in [0.2, 0.25) is 11.8 Å². The molecular weight excluding hydrogens is 360 g/mol. The maximum Gasteiger partial charge on any atom is 0.234 e. The van der Waals surface area contributed by atoms with Crippen LogP contribution in [-0.2, 0) is 4.74 Å². The van der Waals surface area contributed by atoms with Crippen molar-refractivity contribution in [3.63, 3.8) is 0 Å². The Balaban J connectivity index is 1.58. The monoisotopic (exact) mass is 382 g/mol. The summed E-state index contributed by atoms with van der Waals surface area (Å²) < 4.78 is 16.1. The summed E-state index contributed by atoms with van der Waals surface area (Å²) in [6, 6.07) is 11.2. The quantitative estimate of drug-likeness (QED) is 0.641. The number of morpholine rings is 1. The van der Waals surface area contributed by atoms with E-state index in [1.165, 1.54) is 0 Å². The number of nitrogens with zero attached hydrogens (tertiary/aromatic N) is 5. The SMILES string of the molecule is COc1ccc(-c2cc(N(CN)c3ccnc(N4CCOCC4)n3)on2)cc1. The highest BCUT2D eigenvalue weighted by Crippen LogP contribution is 2.29. The lowest BCUT2D eigenvalue weighted by Gasteiger charge is -2.27. The van der Waals surface area contributed by atoms with Crippen molar-refractivity contribution in [3.05, 3.63) is 42.6 Å². The first-order chi connectivity index (χ1) is 13.8. The van der Waals surface area contributed by atoms with Gasteiger partial charge in [0.25, 0.3) is 0 Å². The van der Waals surface area contributed by atoms with Crippen molar-refractivity contribution >= 4 is 17.7 Å². The molecule has 0 bridgehead atoms. The lowest BCUT2D eigenvalue weighted by Crippen LogP contribution is -2.37. The molecule has 1 saturated heterocycles. The van der Waals surface area contributed by atoms with E-state index in [1.54, 1.807) is 24.3 Å². The zero-order valence-electron chi connectivity index (χ0n) is 15.6. The molecule has 0 saturated carbocycles. The standard InChI is InChI=1S/C19H22N6O3/c1-26-15-4-2-14(3-5-15)16-12-18(28-23-16)25(13-20)17-6-7-21-19(22-17)24-8-10-27-11-9-24/h2-7,12H,8-11,13,20H2,1H3. The average molecular weight is 382 g/mol. The third-order valence-corrected chi connectivity index (χ3v) is 4.53. The molecule has 2 aromatic heterocycles. The van der Waals surface area contributed by atoms with Crippen LogP contribution in [0.4, 0.5) is 17.7 Å². The molecular formula is C19H22N6O3. The molecule has 9 nitrogen and oxygen atoms in total. The van der Waals surface area contributed by atoms with E-state index in [-0.39, 0.29) is 6.67 Å². The second kappa shape index (κ2) is 8.24. The average Bonchev–Trinajstić information content (AvgIpc) is 3.25. The van der Waals surface area contributed by atoms with Gasteiger partial charge in [-0.1, -0.05) is 5.16 Å². The number of rotatable bonds is 6. The molecule has 9 heteroatoms. The predicted molar refractivity (Wildman–Crippen MR) is 105 cm³/mol. The van der Waals surface area contributed by atoms with Crippen molar-refractivity contribution in [1.82, 2.24) is 15.1 Å². The molecule has 4 rings (SSSR count). The second-order valence-corrected chi connectivity index (χ2v) is 6.20. The van der Waals surface area contributed by atoms with E-state index in [9.17, 15) is 0 Å². The smallest absolute Gasteiger partial charge is 0.234 e. The third-order valence-electron chi connectivity index (χ3n) is 4.53. The minimum Gasteiger partial charge on any atom is -0.497 e. The summed E-state index contributed by atoms with van der Waals surface area (Å²) in [5.74, 6) is 2.60. The zero-order chi connectivity index (χ0) is 19.3. The van der Waals surface area contributed by atoms with Crippen LogP contribution in [0.2, 0.25) is 0 Å². The van der Waals surface area contributed by atoms with Crippen molar-refractivity contribution < 1.29 is 14.0 Å². The number of aromatic nitrogens is 3. The lowest BCUT2D eigenvalue weighted by atomic mass is 10.1. The Hall–Kier alpha value is -3.17. The Kier molecular flexibility index (Phi) is 5.36. The van der Waals surface area contributed by atoms with Crippen LogP contribution in [0.15, 0.2) is 47.1 Å². The van der Waals surface area contributed by atoms with Crippen molar-refractivity contribution in [2.75, 3.05) is 49.9 Å². The number of benzene rings is 1. The topological polar surface area (TPSA) is 103 Å². The lowest BCUT2D eigenvalue weighted by molar-refractivity contribution is 0.122. The van der Waals surface area contributed by atoms with Gasteiger partial charge in [0.15, 0.2) is 0 Å². The van der Waals surface area contributed by atoms with Crippen LogP contribution >= 0.6 is 0 Å². The number of methoxy groups -OCH3 is 1. The van der Waals surface area contributed by atoms with Crippen LogP contribution in [-0.4, -0.2) is 55.2 Å². The highest BCUT2D eigenvalue weighted by Gasteiger charge is 2.19. The van der Waals surface area contributed by atoms with E-state index < -0.39 is 0 Å². The summed E-state index contributed by atoms with van der Waals surface area (Å²) in [5, 5.41) is 4.17. The molecule has 1 fully saturated rings. The predicted octanol–water partition coefficient (Wildman–Crippen LogP) is 2.03.